The first-order valence-electron chi connectivity index (χ1n) is 8.34. The van der Waals surface area contributed by atoms with Crippen molar-refractivity contribution >= 4 is 17.0 Å². The first kappa shape index (κ1) is 18.2. The summed E-state index contributed by atoms with van der Waals surface area (Å²) >= 11 is 0. The molecule has 2 N–H and O–H groups in total. The summed E-state index contributed by atoms with van der Waals surface area (Å²) in [5.74, 6) is -1.44. The fraction of sp³-hybridized carbons (Fsp3) is 0.294. The fourth-order valence-electron chi connectivity index (χ4n) is 2.55. The largest absolute Gasteiger partial charge is 0.491 e. The van der Waals surface area contributed by atoms with Gasteiger partial charge in [-0.15, -0.1) is 0 Å². The predicted octanol–water partition coefficient (Wildman–Crippen LogP) is 2.09. The van der Waals surface area contributed by atoms with E-state index in [4.69, 9.17) is 4.74 Å². The van der Waals surface area contributed by atoms with Gasteiger partial charge in [-0.1, -0.05) is 0 Å². The van der Waals surface area contributed by atoms with E-state index in [0.29, 0.717) is 40.8 Å². The molecule has 146 valence electrons. The van der Waals surface area contributed by atoms with E-state index in [-0.39, 0.29) is 5.75 Å². The number of benzene rings is 1. The lowest BCUT2D eigenvalue weighted by Gasteiger charge is -2.26. The second-order valence-corrected chi connectivity index (χ2v) is 6.23. The topological polar surface area (TPSA) is 102 Å². The molecule has 1 saturated heterocycles. The molecule has 1 aliphatic rings. The van der Waals surface area contributed by atoms with Gasteiger partial charge in [0.05, 0.1) is 12.8 Å². The van der Waals surface area contributed by atoms with Gasteiger partial charge in [-0.25, -0.2) is 9.78 Å². The summed E-state index contributed by atoms with van der Waals surface area (Å²) in [7, 11) is 0. The van der Waals surface area contributed by atoms with Crippen LogP contribution in [0.25, 0.3) is 22.4 Å². The molecule has 1 fully saturated rings. The number of ether oxygens (including phenoxy) is 2. The summed E-state index contributed by atoms with van der Waals surface area (Å²) in [6.07, 6.45) is -3.50. The predicted molar refractivity (Wildman–Crippen MR) is 90.7 cm³/mol. The molecular formula is C17H14F3N5O3. The molecule has 1 aliphatic heterocycles. The molecule has 0 unspecified atom stereocenters. The monoisotopic (exact) mass is 393 g/mol. The van der Waals surface area contributed by atoms with Gasteiger partial charge in [0, 0.05) is 24.6 Å². The molecule has 0 radical (unpaired) electrons. The SMILES string of the molecule is O=C(Oc1ccc(-c2nc(OCC3CNC3)c3cn[nH]c3n2)cc1)C(F)(F)F. The number of aromatic amines is 1. The number of halogens is 3. The number of H-pyrrole nitrogens is 1. The highest BCUT2D eigenvalue weighted by molar-refractivity contribution is 5.82. The molecule has 8 nitrogen and oxygen atoms in total. The van der Waals surface area contributed by atoms with Crippen LogP contribution < -0.4 is 14.8 Å². The molecule has 0 bridgehead atoms. The Morgan fingerprint density at radius 2 is 1.93 bits per heavy atom. The maximum atomic E-state index is 12.3. The normalized spacial score (nSPS) is 14.7. The van der Waals surface area contributed by atoms with Crippen molar-refractivity contribution in [1.82, 2.24) is 25.5 Å². The van der Waals surface area contributed by atoms with Gasteiger partial charge in [0.2, 0.25) is 5.88 Å². The van der Waals surface area contributed by atoms with Crippen molar-refractivity contribution in [2.45, 2.75) is 6.18 Å². The number of nitrogens with zero attached hydrogens (tertiary/aromatic N) is 3. The Balaban J connectivity index is 1.57. The minimum atomic E-state index is -5.06. The maximum absolute atomic E-state index is 12.3. The molecule has 0 atom stereocenters. The summed E-state index contributed by atoms with van der Waals surface area (Å²) in [5, 5.41) is 10.5. The van der Waals surface area contributed by atoms with Crippen molar-refractivity contribution in [3.63, 3.8) is 0 Å². The zero-order chi connectivity index (χ0) is 19.7. The number of nitrogens with one attached hydrogen (secondary N) is 2. The summed E-state index contributed by atoms with van der Waals surface area (Å²) in [4.78, 5) is 19.7. The first-order valence-corrected chi connectivity index (χ1v) is 8.34. The molecule has 3 aromatic rings. The minimum Gasteiger partial charge on any atom is -0.477 e. The van der Waals surface area contributed by atoms with Crippen LogP contribution in [0.15, 0.2) is 30.5 Å². The number of hydrogen-bond donors (Lipinski definition) is 2. The van der Waals surface area contributed by atoms with E-state index in [1.165, 1.54) is 24.3 Å². The number of rotatable bonds is 5. The van der Waals surface area contributed by atoms with Crippen LogP contribution in [-0.4, -0.2) is 52.0 Å². The lowest BCUT2D eigenvalue weighted by molar-refractivity contribution is -0.189. The lowest BCUT2D eigenvalue weighted by Crippen LogP contribution is -2.45. The first-order chi connectivity index (χ1) is 13.4. The van der Waals surface area contributed by atoms with Crippen LogP contribution in [0.1, 0.15) is 0 Å². The number of fused-ring (bicyclic) bond motifs is 1. The molecule has 28 heavy (non-hydrogen) atoms. The van der Waals surface area contributed by atoms with Crippen LogP contribution >= 0.6 is 0 Å². The molecular weight excluding hydrogens is 379 g/mol. The van der Waals surface area contributed by atoms with Gasteiger partial charge >= 0.3 is 12.1 Å². The van der Waals surface area contributed by atoms with Crippen molar-refractivity contribution in [1.29, 1.82) is 0 Å². The zero-order valence-electron chi connectivity index (χ0n) is 14.3. The summed E-state index contributed by atoms with van der Waals surface area (Å²) in [5.41, 5.74) is 0.984. The number of esters is 1. The zero-order valence-corrected chi connectivity index (χ0v) is 14.3. The molecule has 0 saturated carbocycles. The number of carbonyl (C=O) groups excluding carboxylic acids is 1. The molecule has 11 heteroatoms. The third kappa shape index (κ3) is 3.74. The third-order valence-electron chi connectivity index (χ3n) is 4.15. The highest BCUT2D eigenvalue weighted by atomic mass is 19.4. The van der Waals surface area contributed by atoms with Gasteiger partial charge in [0.25, 0.3) is 0 Å². The van der Waals surface area contributed by atoms with Gasteiger partial charge in [-0.05, 0) is 24.3 Å². The Labute approximate surface area is 156 Å². The molecule has 1 aromatic carbocycles. The second-order valence-electron chi connectivity index (χ2n) is 6.23. The molecule has 4 rings (SSSR count). The van der Waals surface area contributed by atoms with Crippen LogP contribution in [0.5, 0.6) is 11.6 Å². The fourth-order valence-corrected chi connectivity index (χ4v) is 2.55. The van der Waals surface area contributed by atoms with Crippen molar-refractivity contribution in [2.75, 3.05) is 19.7 Å². The average Bonchev–Trinajstić information content (AvgIpc) is 3.09. The van der Waals surface area contributed by atoms with Crippen LogP contribution in [0.4, 0.5) is 13.2 Å². The molecule has 0 spiro atoms. The van der Waals surface area contributed by atoms with E-state index < -0.39 is 12.1 Å². The van der Waals surface area contributed by atoms with Crippen LogP contribution in [-0.2, 0) is 4.79 Å². The summed E-state index contributed by atoms with van der Waals surface area (Å²) < 4.78 is 46.9. The third-order valence-corrected chi connectivity index (χ3v) is 4.15. The van der Waals surface area contributed by atoms with E-state index in [0.717, 1.165) is 13.1 Å². The molecule has 0 amide bonds. The van der Waals surface area contributed by atoms with E-state index in [1.807, 2.05) is 0 Å². The van der Waals surface area contributed by atoms with E-state index >= 15 is 0 Å². The van der Waals surface area contributed by atoms with Crippen molar-refractivity contribution in [3.8, 4) is 23.0 Å². The van der Waals surface area contributed by atoms with Crippen molar-refractivity contribution < 1.29 is 27.4 Å². The average molecular weight is 393 g/mol. The van der Waals surface area contributed by atoms with Crippen LogP contribution in [0.2, 0.25) is 0 Å². The van der Waals surface area contributed by atoms with Crippen molar-refractivity contribution in [2.24, 2.45) is 5.92 Å². The number of carbonyl (C=O) groups is 1. The lowest BCUT2D eigenvalue weighted by atomic mass is 10.1. The minimum absolute atomic E-state index is 0.234. The molecule has 0 aliphatic carbocycles. The van der Waals surface area contributed by atoms with E-state index in [9.17, 15) is 18.0 Å². The summed E-state index contributed by atoms with van der Waals surface area (Å²) in [6, 6.07) is 5.38. The number of alkyl halides is 3. The van der Waals surface area contributed by atoms with Gasteiger partial charge in [-0.2, -0.15) is 23.3 Å². The number of hydrogen-bond acceptors (Lipinski definition) is 7. The smallest absolute Gasteiger partial charge is 0.477 e. The summed E-state index contributed by atoms with van der Waals surface area (Å²) in [6.45, 7) is 2.26. The van der Waals surface area contributed by atoms with Crippen molar-refractivity contribution in [3.05, 3.63) is 30.5 Å². The van der Waals surface area contributed by atoms with Gasteiger partial charge in [-0.3, -0.25) is 5.10 Å². The van der Waals surface area contributed by atoms with Gasteiger partial charge in [0.1, 0.15) is 11.1 Å². The Bertz CT molecular complexity index is 999. The van der Waals surface area contributed by atoms with Gasteiger partial charge < -0.3 is 14.8 Å². The van der Waals surface area contributed by atoms with Crippen LogP contribution in [0, 0.1) is 5.92 Å². The molecule has 2 aromatic heterocycles. The Kier molecular flexibility index (Phi) is 4.59. The Morgan fingerprint density at radius 1 is 1.18 bits per heavy atom. The molecule has 3 heterocycles. The highest BCUT2D eigenvalue weighted by Gasteiger charge is 2.41. The Hall–Kier alpha value is -3.21. The maximum Gasteiger partial charge on any atom is 0.491 e. The van der Waals surface area contributed by atoms with E-state index in [2.05, 4.69) is 30.2 Å². The second kappa shape index (κ2) is 7.08. The number of aromatic nitrogens is 4. The van der Waals surface area contributed by atoms with Gasteiger partial charge in [0.15, 0.2) is 11.5 Å². The quantitative estimate of drug-likeness (QED) is 0.505. The highest BCUT2D eigenvalue weighted by Crippen LogP contribution is 2.27. The Morgan fingerprint density at radius 3 is 2.57 bits per heavy atom. The van der Waals surface area contributed by atoms with E-state index in [1.54, 1.807) is 6.20 Å². The standard InChI is InChI=1S/C17H14F3N5O3/c18-17(19,20)16(26)28-11-3-1-10(2-4-11)13-23-14-12(7-22-25-14)15(24-13)27-8-9-5-21-6-9/h1-4,7,9,21H,5-6,8H2,(H,22,23,24,25). The van der Waals surface area contributed by atoms with Crippen LogP contribution in [0.3, 0.4) is 0 Å².